The molecule has 0 aliphatic heterocycles. The summed E-state index contributed by atoms with van der Waals surface area (Å²) in [7, 11) is 1.04. The van der Waals surface area contributed by atoms with Crippen LogP contribution in [0.3, 0.4) is 0 Å². The number of alkyl halides is 3. The monoisotopic (exact) mass is 299 g/mol. The third kappa shape index (κ3) is 3.37. The van der Waals surface area contributed by atoms with Gasteiger partial charge >= 0.3 is 12.3 Å². The minimum Gasteiger partial charge on any atom is -0.465 e. The molecule has 0 bridgehead atoms. The van der Waals surface area contributed by atoms with Gasteiger partial charge in [0.2, 0.25) is 5.88 Å². The van der Waals surface area contributed by atoms with Crippen LogP contribution in [0.25, 0.3) is 0 Å². The number of carbonyl (C=O) groups excluding carboxylic acids is 1. The molecule has 4 nitrogen and oxygen atoms in total. The van der Waals surface area contributed by atoms with Gasteiger partial charge in [-0.1, -0.05) is 0 Å². The van der Waals surface area contributed by atoms with Crippen LogP contribution in [0.5, 0.6) is 5.88 Å². The van der Waals surface area contributed by atoms with Crippen molar-refractivity contribution in [2.24, 2.45) is 0 Å². The van der Waals surface area contributed by atoms with Crippen molar-refractivity contribution in [3.8, 4) is 5.88 Å². The lowest BCUT2D eigenvalue weighted by molar-refractivity contribution is -0.276. The second-order valence-corrected chi connectivity index (χ2v) is 3.46. The minimum absolute atomic E-state index is 0.336. The van der Waals surface area contributed by atoms with Crippen LogP contribution in [0.1, 0.15) is 10.4 Å². The molecule has 1 aromatic heterocycles. The van der Waals surface area contributed by atoms with Crippen LogP contribution in [-0.2, 0) is 4.74 Å². The maximum atomic E-state index is 12.0. The molecule has 0 aromatic carbocycles. The van der Waals surface area contributed by atoms with E-state index in [1.807, 2.05) is 0 Å². The first kappa shape index (κ1) is 12.8. The van der Waals surface area contributed by atoms with Crippen LogP contribution >= 0.6 is 15.9 Å². The quantitative estimate of drug-likeness (QED) is 0.788. The van der Waals surface area contributed by atoms with Crippen molar-refractivity contribution in [2.45, 2.75) is 6.36 Å². The van der Waals surface area contributed by atoms with Gasteiger partial charge in [0.15, 0.2) is 0 Å². The Labute approximate surface area is 96.5 Å². The highest BCUT2D eigenvalue weighted by molar-refractivity contribution is 9.10. The summed E-state index contributed by atoms with van der Waals surface area (Å²) in [4.78, 5) is 14.5. The van der Waals surface area contributed by atoms with Crippen molar-refractivity contribution in [3.63, 3.8) is 0 Å². The van der Waals surface area contributed by atoms with Gasteiger partial charge in [-0.15, -0.1) is 13.2 Å². The van der Waals surface area contributed by atoms with E-state index in [4.69, 9.17) is 0 Å². The number of pyridine rings is 1. The van der Waals surface area contributed by atoms with Crippen molar-refractivity contribution in [1.29, 1.82) is 0 Å². The molecule has 0 fully saturated rings. The highest BCUT2D eigenvalue weighted by Gasteiger charge is 2.34. The summed E-state index contributed by atoms with van der Waals surface area (Å²) in [5.74, 6) is -1.81. The fourth-order valence-corrected chi connectivity index (χ4v) is 1.21. The normalized spacial score (nSPS) is 11.1. The van der Waals surface area contributed by atoms with Crippen LogP contribution in [0.4, 0.5) is 13.2 Å². The first-order chi connectivity index (χ1) is 7.33. The highest BCUT2D eigenvalue weighted by Crippen LogP contribution is 2.26. The zero-order valence-electron chi connectivity index (χ0n) is 7.84. The van der Waals surface area contributed by atoms with Crippen LogP contribution in [0.15, 0.2) is 16.7 Å². The van der Waals surface area contributed by atoms with Gasteiger partial charge in [-0.25, -0.2) is 9.78 Å². The molecule has 0 atom stereocenters. The molecule has 0 aliphatic carbocycles. The number of nitrogens with zero attached hydrogens (tertiary/aromatic N) is 1. The van der Waals surface area contributed by atoms with Gasteiger partial charge in [0.25, 0.3) is 0 Å². The third-order valence-corrected chi connectivity index (χ3v) is 1.87. The number of esters is 1. The van der Waals surface area contributed by atoms with Crippen LogP contribution < -0.4 is 4.74 Å². The van der Waals surface area contributed by atoms with E-state index in [2.05, 4.69) is 30.4 Å². The molecule has 1 heterocycles. The van der Waals surface area contributed by atoms with E-state index < -0.39 is 23.8 Å². The lowest BCUT2D eigenvalue weighted by atomic mass is 10.3. The van der Waals surface area contributed by atoms with Crippen molar-refractivity contribution < 1.29 is 27.4 Å². The first-order valence-corrected chi connectivity index (χ1v) is 4.62. The van der Waals surface area contributed by atoms with E-state index >= 15 is 0 Å². The molecule has 88 valence electrons. The van der Waals surface area contributed by atoms with E-state index in [1.165, 1.54) is 0 Å². The number of hydrogen-bond donors (Lipinski definition) is 0. The molecule has 0 aliphatic rings. The van der Waals surface area contributed by atoms with E-state index in [9.17, 15) is 18.0 Å². The molecule has 16 heavy (non-hydrogen) atoms. The van der Waals surface area contributed by atoms with E-state index in [0.29, 0.717) is 4.47 Å². The topological polar surface area (TPSA) is 48.4 Å². The number of ether oxygens (including phenoxy) is 2. The summed E-state index contributed by atoms with van der Waals surface area (Å²) < 4.78 is 44.1. The van der Waals surface area contributed by atoms with Crippen molar-refractivity contribution in [1.82, 2.24) is 4.98 Å². The Bertz CT molecular complexity index is 408. The number of carbonyl (C=O) groups is 1. The molecule has 1 rings (SSSR count). The second-order valence-electron chi connectivity index (χ2n) is 2.55. The zero-order chi connectivity index (χ0) is 12.3. The molecule has 0 N–H and O–H groups in total. The minimum atomic E-state index is -4.91. The first-order valence-electron chi connectivity index (χ1n) is 3.83. The Hall–Kier alpha value is -1.31. The van der Waals surface area contributed by atoms with E-state index in [-0.39, 0.29) is 0 Å². The van der Waals surface area contributed by atoms with E-state index in [1.54, 1.807) is 0 Å². The molecular weight excluding hydrogens is 295 g/mol. The SMILES string of the molecule is COC(=O)c1cc(Br)cnc1OC(F)(F)F. The van der Waals surface area contributed by atoms with Gasteiger partial charge in [-0.3, -0.25) is 0 Å². The zero-order valence-corrected chi connectivity index (χ0v) is 9.42. The standard InChI is InChI=1S/C8H5BrF3NO3/c1-15-7(14)5-2-4(9)3-13-6(5)16-8(10,11)12/h2-3H,1H3. The molecule has 0 unspecified atom stereocenters. The smallest absolute Gasteiger partial charge is 0.465 e. The summed E-state index contributed by atoms with van der Waals surface area (Å²) in [5, 5.41) is 0. The molecule has 0 spiro atoms. The van der Waals surface area contributed by atoms with Crippen LogP contribution in [0, 0.1) is 0 Å². The summed E-state index contributed by atoms with van der Waals surface area (Å²) in [6, 6.07) is 1.12. The largest absolute Gasteiger partial charge is 0.574 e. The van der Waals surface area contributed by atoms with Crippen molar-refractivity contribution >= 4 is 21.9 Å². The van der Waals surface area contributed by atoms with Gasteiger partial charge in [0.1, 0.15) is 5.56 Å². The third-order valence-electron chi connectivity index (χ3n) is 1.44. The summed E-state index contributed by atoms with van der Waals surface area (Å²) in [6.07, 6.45) is -3.84. The number of methoxy groups -OCH3 is 1. The average Bonchev–Trinajstić information content (AvgIpc) is 2.17. The molecule has 0 saturated heterocycles. The number of aromatic nitrogens is 1. The molecule has 8 heteroatoms. The summed E-state index contributed by atoms with van der Waals surface area (Å²) in [6.45, 7) is 0. The highest BCUT2D eigenvalue weighted by atomic mass is 79.9. The molecule has 0 saturated carbocycles. The number of hydrogen-bond acceptors (Lipinski definition) is 4. The molecule has 0 radical (unpaired) electrons. The van der Waals surface area contributed by atoms with E-state index in [0.717, 1.165) is 19.4 Å². The Balaban J connectivity index is 3.13. The number of rotatable bonds is 2. The predicted molar refractivity (Wildman–Crippen MR) is 50.0 cm³/mol. The summed E-state index contributed by atoms with van der Waals surface area (Å²) >= 11 is 2.97. The molecule has 1 aromatic rings. The Morgan fingerprint density at radius 3 is 2.62 bits per heavy atom. The van der Waals surface area contributed by atoms with Gasteiger partial charge < -0.3 is 9.47 Å². The predicted octanol–water partition coefficient (Wildman–Crippen LogP) is 2.53. The lowest BCUT2D eigenvalue weighted by Crippen LogP contribution is -2.20. The fourth-order valence-electron chi connectivity index (χ4n) is 0.874. The Morgan fingerprint density at radius 1 is 1.50 bits per heavy atom. The van der Waals surface area contributed by atoms with Gasteiger partial charge in [-0.2, -0.15) is 0 Å². The Kier molecular flexibility index (Phi) is 3.74. The second kappa shape index (κ2) is 4.69. The molecule has 0 amide bonds. The maximum absolute atomic E-state index is 12.0. The fraction of sp³-hybridized carbons (Fsp3) is 0.250. The summed E-state index contributed by atoms with van der Waals surface area (Å²) in [5.41, 5.74) is -0.408. The Morgan fingerprint density at radius 2 is 2.12 bits per heavy atom. The number of halogens is 4. The van der Waals surface area contributed by atoms with Crippen LogP contribution in [0.2, 0.25) is 0 Å². The average molecular weight is 300 g/mol. The molecular formula is C8H5BrF3NO3. The van der Waals surface area contributed by atoms with Crippen molar-refractivity contribution in [3.05, 3.63) is 22.3 Å². The van der Waals surface area contributed by atoms with Crippen LogP contribution in [-0.4, -0.2) is 24.4 Å². The van der Waals surface area contributed by atoms with Gasteiger partial charge in [-0.05, 0) is 22.0 Å². The van der Waals surface area contributed by atoms with Gasteiger partial charge in [0, 0.05) is 10.7 Å². The van der Waals surface area contributed by atoms with Gasteiger partial charge in [0.05, 0.1) is 7.11 Å². The maximum Gasteiger partial charge on any atom is 0.574 e. The van der Waals surface area contributed by atoms with Crippen molar-refractivity contribution in [2.75, 3.05) is 7.11 Å². The lowest BCUT2D eigenvalue weighted by Gasteiger charge is -2.10.